The fourth-order valence-electron chi connectivity index (χ4n) is 2.86. The second kappa shape index (κ2) is 6.90. The lowest BCUT2D eigenvalue weighted by Crippen LogP contribution is -2.59. The minimum absolute atomic E-state index is 0.0757. The van der Waals surface area contributed by atoms with Crippen LogP contribution < -0.4 is 5.32 Å². The van der Waals surface area contributed by atoms with Crippen LogP contribution in [-0.4, -0.2) is 40.1 Å². The molecule has 126 valence electrons. The summed E-state index contributed by atoms with van der Waals surface area (Å²) in [5.41, 5.74) is -0.861. The van der Waals surface area contributed by atoms with Gasteiger partial charge in [0.15, 0.2) is 0 Å². The Balaban J connectivity index is 2.77. The number of hydrogen-bond donors (Lipinski definition) is 1. The number of hydrogen-bond acceptors (Lipinski definition) is 4. The molecule has 0 aromatic carbocycles. The van der Waals surface area contributed by atoms with Gasteiger partial charge >= 0.3 is 0 Å². The first-order valence-electron chi connectivity index (χ1n) is 8.23. The van der Waals surface area contributed by atoms with Crippen LogP contribution in [0.5, 0.6) is 0 Å². The predicted octanol–water partition coefficient (Wildman–Crippen LogP) is 2.29. The van der Waals surface area contributed by atoms with Crippen molar-refractivity contribution in [3.63, 3.8) is 0 Å². The highest BCUT2D eigenvalue weighted by Gasteiger charge is 2.39. The molecule has 3 atom stereocenters. The van der Waals surface area contributed by atoms with Crippen LogP contribution in [0.3, 0.4) is 0 Å². The molecule has 5 nitrogen and oxygen atoms in total. The van der Waals surface area contributed by atoms with Gasteiger partial charge in [0.25, 0.3) is 0 Å². The summed E-state index contributed by atoms with van der Waals surface area (Å²) in [4.78, 5) is 37.2. The van der Waals surface area contributed by atoms with Crippen molar-refractivity contribution in [2.24, 2.45) is 5.92 Å². The molecule has 0 spiro atoms. The lowest BCUT2D eigenvalue weighted by atomic mass is 9.86. The average molecular weight is 310 g/mol. The highest BCUT2D eigenvalue weighted by Crippen LogP contribution is 2.25. The van der Waals surface area contributed by atoms with Gasteiger partial charge in [0.2, 0.25) is 11.8 Å². The number of amides is 2. The second-order valence-electron chi connectivity index (χ2n) is 7.02. The van der Waals surface area contributed by atoms with Crippen LogP contribution >= 0.6 is 0 Å². The summed E-state index contributed by atoms with van der Waals surface area (Å²) >= 11 is 0. The number of nitrogens with zero attached hydrogens (tertiary/aromatic N) is 1. The number of nitrogens with one attached hydrogen (secondary N) is 1. The van der Waals surface area contributed by atoms with Crippen molar-refractivity contribution < 1.29 is 14.4 Å². The molecule has 1 N–H and O–H groups in total. The highest BCUT2D eigenvalue weighted by atomic mass is 16.2. The molecule has 1 aliphatic rings. The zero-order chi connectivity index (χ0) is 17.1. The Morgan fingerprint density at radius 2 is 1.86 bits per heavy atom. The highest BCUT2D eigenvalue weighted by molar-refractivity contribution is 6.03. The van der Waals surface area contributed by atoms with Crippen LogP contribution in [0, 0.1) is 5.92 Å². The maximum absolute atomic E-state index is 12.0. The fraction of sp³-hybridized carbons (Fsp3) is 0.824. The molecule has 1 saturated heterocycles. The van der Waals surface area contributed by atoms with E-state index in [4.69, 9.17) is 0 Å². The molecule has 0 aliphatic carbocycles. The van der Waals surface area contributed by atoms with E-state index >= 15 is 0 Å². The SMILES string of the molecule is CCC(C)(CCN1C(=O)CC(C)C1=O)NC(C)(CC)C(C)=O. The number of rotatable bonds is 8. The van der Waals surface area contributed by atoms with Crippen LogP contribution in [0.1, 0.15) is 67.2 Å². The largest absolute Gasteiger partial charge is 0.300 e. The summed E-state index contributed by atoms with van der Waals surface area (Å²) in [5.74, 6) is -0.253. The smallest absolute Gasteiger partial charge is 0.232 e. The van der Waals surface area contributed by atoms with Crippen molar-refractivity contribution in [2.75, 3.05) is 6.54 Å². The maximum Gasteiger partial charge on any atom is 0.232 e. The van der Waals surface area contributed by atoms with E-state index in [-0.39, 0.29) is 29.1 Å². The van der Waals surface area contributed by atoms with Gasteiger partial charge in [-0.3, -0.25) is 24.6 Å². The van der Waals surface area contributed by atoms with Gasteiger partial charge in [0.1, 0.15) is 5.78 Å². The normalized spacial score (nSPS) is 24.3. The first kappa shape index (κ1) is 18.8. The molecule has 1 fully saturated rings. The molecule has 1 rings (SSSR count). The Hall–Kier alpha value is -1.23. The molecule has 22 heavy (non-hydrogen) atoms. The summed E-state index contributed by atoms with van der Waals surface area (Å²) in [5, 5.41) is 3.47. The number of ketones is 1. The minimum atomic E-state index is -0.572. The van der Waals surface area contributed by atoms with E-state index in [0.29, 0.717) is 25.8 Å². The number of imide groups is 1. The first-order valence-corrected chi connectivity index (χ1v) is 8.23. The summed E-state index contributed by atoms with van der Waals surface area (Å²) in [7, 11) is 0. The molecule has 1 aliphatic heterocycles. The quantitative estimate of drug-likeness (QED) is 0.699. The minimum Gasteiger partial charge on any atom is -0.300 e. The lowest BCUT2D eigenvalue weighted by molar-refractivity contribution is -0.139. The molecule has 3 unspecified atom stereocenters. The Kier molecular flexibility index (Phi) is 5.90. The van der Waals surface area contributed by atoms with Crippen LogP contribution in [0.25, 0.3) is 0 Å². The number of likely N-dealkylation sites (tertiary alicyclic amines) is 1. The van der Waals surface area contributed by atoms with E-state index < -0.39 is 5.54 Å². The fourth-order valence-corrected chi connectivity index (χ4v) is 2.86. The number of carbonyl (C=O) groups is 3. The molecule has 2 amide bonds. The van der Waals surface area contributed by atoms with Crippen molar-refractivity contribution in [1.82, 2.24) is 10.2 Å². The molecule has 5 heteroatoms. The molecule has 1 heterocycles. The van der Waals surface area contributed by atoms with Crippen molar-refractivity contribution in [1.29, 1.82) is 0 Å². The Labute approximate surface area is 133 Å². The van der Waals surface area contributed by atoms with Gasteiger partial charge in [0, 0.05) is 24.4 Å². The molecule has 0 aromatic rings. The number of Topliss-reactive ketones (excluding diaryl/α,β-unsaturated/α-hetero) is 1. The van der Waals surface area contributed by atoms with Gasteiger partial charge in [-0.1, -0.05) is 20.8 Å². The van der Waals surface area contributed by atoms with Crippen LogP contribution in [0.15, 0.2) is 0 Å². The third-order valence-corrected chi connectivity index (χ3v) is 5.20. The monoisotopic (exact) mass is 310 g/mol. The van der Waals surface area contributed by atoms with E-state index in [0.717, 1.165) is 6.42 Å². The van der Waals surface area contributed by atoms with Crippen molar-refractivity contribution in [2.45, 2.75) is 78.3 Å². The second-order valence-corrected chi connectivity index (χ2v) is 7.02. The van der Waals surface area contributed by atoms with E-state index in [1.165, 1.54) is 4.90 Å². The van der Waals surface area contributed by atoms with Crippen LogP contribution in [0.2, 0.25) is 0 Å². The van der Waals surface area contributed by atoms with Crippen molar-refractivity contribution >= 4 is 17.6 Å². The van der Waals surface area contributed by atoms with Crippen LogP contribution in [-0.2, 0) is 14.4 Å². The molecule has 0 saturated carbocycles. The van der Waals surface area contributed by atoms with Gasteiger partial charge in [-0.2, -0.15) is 0 Å². The van der Waals surface area contributed by atoms with Gasteiger partial charge < -0.3 is 0 Å². The summed E-state index contributed by atoms with van der Waals surface area (Å²) in [6.45, 7) is 11.8. The zero-order valence-electron chi connectivity index (χ0n) is 14.8. The Bertz CT molecular complexity index is 463. The lowest BCUT2D eigenvalue weighted by Gasteiger charge is -2.40. The van der Waals surface area contributed by atoms with Gasteiger partial charge in [-0.05, 0) is 40.0 Å². The number of carbonyl (C=O) groups excluding carboxylic acids is 3. The molecule has 0 aromatic heterocycles. The van der Waals surface area contributed by atoms with E-state index in [1.54, 1.807) is 13.8 Å². The third-order valence-electron chi connectivity index (χ3n) is 5.20. The van der Waals surface area contributed by atoms with E-state index in [1.807, 2.05) is 13.8 Å². The van der Waals surface area contributed by atoms with Crippen LogP contribution in [0.4, 0.5) is 0 Å². The zero-order valence-corrected chi connectivity index (χ0v) is 14.8. The van der Waals surface area contributed by atoms with Crippen molar-refractivity contribution in [3.8, 4) is 0 Å². The Morgan fingerprint density at radius 3 is 2.23 bits per heavy atom. The molecular formula is C17H30N2O3. The molecular weight excluding hydrogens is 280 g/mol. The summed E-state index contributed by atoms with van der Waals surface area (Å²) < 4.78 is 0. The third kappa shape index (κ3) is 3.94. The summed E-state index contributed by atoms with van der Waals surface area (Å²) in [6.07, 6.45) is 2.49. The first-order chi connectivity index (χ1) is 10.1. The summed E-state index contributed by atoms with van der Waals surface area (Å²) in [6, 6.07) is 0. The van der Waals surface area contributed by atoms with Crippen molar-refractivity contribution in [3.05, 3.63) is 0 Å². The average Bonchev–Trinajstić information content (AvgIpc) is 2.70. The van der Waals surface area contributed by atoms with Gasteiger partial charge in [-0.25, -0.2) is 0 Å². The standard InChI is InChI=1S/C17H30N2O3/c1-7-16(5,18-17(6,8-2)13(4)20)9-10-19-14(21)11-12(3)15(19)22/h12,18H,7-11H2,1-6H3. The van der Waals surface area contributed by atoms with E-state index in [9.17, 15) is 14.4 Å². The van der Waals surface area contributed by atoms with Gasteiger partial charge in [0.05, 0.1) is 5.54 Å². The Morgan fingerprint density at radius 1 is 1.27 bits per heavy atom. The predicted molar refractivity (Wildman–Crippen MR) is 86.3 cm³/mol. The van der Waals surface area contributed by atoms with E-state index in [2.05, 4.69) is 19.2 Å². The maximum atomic E-state index is 12.0. The van der Waals surface area contributed by atoms with Gasteiger partial charge in [-0.15, -0.1) is 0 Å². The molecule has 0 radical (unpaired) electrons. The topological polar surface area (TPSA) is 66.5 Å². The molecule has 0 bridgehead atoms.